The molecule has 0 aliphatic rings. The van der Waals surface area contributed by atoms with E-state index in [4.69, 9.17) is 44.3 Å². The van der Waals surface area contributed by atoms with E-state index in [1.54, 1.807) is 36.4 Å². The molecule has 0 atom stereocenters. The molecule has 5 heteroatoms. The van der Waals surface area contributed by atoms with Crippen molar-refractivity contribution in [3.63, 3.8) is 0 Å². The van der Waals surface area contributed by atoms with Gasteiger partial charge in [0.1, 0.15) is 5.75 Å². The Balaban J connectivity index is 2.34. The van der Waals surface area contributed by atoms with Crippen molar-refractivity contribution in [2.75, 3.05) is 6.61 Å². The lowest BCUT2D eigenvalue weighted by molar-refractivity contribution is 0.321. The molecule has 0 heterocycles. The third-order valence-corrected chi connectivity index (χ3v) is 3.10. The van der Waals surface area contributed by atoms with Gasteiger partial charge in [-0.25, -0.2) is 0 Å². The van der Waals surface area contributed by atoms with Gasteiger partial charge in [0.15, 0.2) is 11.5 Å². The lowest BCUT2D eigenvalue weighted by Gasteiger charge is -2.13. The third kappa shape index (κ3) is 3.69. The van der Waals surface area contributed by atoms with Gasteiger partial charge < -0.3 is 9.47 Å². The quantitative estimate of drug-likeness (QED) is 0.705. The summed E-state index contributed by atoms with van der Waals surface area (Å²) in [4.78, 5) is 0. The number of ether oxygens (including phenoxy) is 2. The van der Waals surface area contributed by atoms with Crippen LogP contribution >= 0.6 is 34.8 Å². The lowest BCUT2D eigenvalue weighted by atomic mass is 10.3. The largest absolute Gasteiger partial charge is 0.490 e. The van der Waals surface area contributed by atoms with E-state index in [-0.39, 0.29) is 0 Å². The van der Waals surface area contributed by atoms with E-state index in [0.29, 0.717) is 38.9 Å². The molecule has 0 saturated carbocycles. The highest BCUT2D eigenvalue weighted by Crippen LogP contribution is 2.37. The molecular formula is C14H11Cl3O2. The van der Waals surface area contributed by atoms with Crippen LogP contribution in [-0.4, -0.2) is 6.61 Å². The van der Waals surface area contributed by atoms with Crippen molar-refractivity contribution >= 4 is 34.8 Å². The Morgan fingerprint density at radius 2 is 1.47 bits per heavy atom. The Morgan fingerprint density at radius 3 is 2.16 bits per heavy atom. The second-order valence-corrected chi connectivity index (χ2v) is 4.98. The summed E-state index contributed by atoms with van der Waals surface area (Å²) < 4.78 is 11.2. The highest BCUT2D eigenvalue weighted by atomic mass is 35.5. The molecule has 0 radical (unpaired) electrons. The second kappa shape index (κ2) is 6.38. The fraction of sp³-hybridized carbons (Fsp3) is 0.143. The number of hydrogen-bond acceptors (Lipinski definition) is 2. The minimum absolute atomic E-state index is 0.470. The zero-order valence-corrected chi connectivity index (χ0v) is 12.4. The van der Waals surface area contributed by atoms with Gasteiger partial charge in [-0.2, -0.15) is 0 Å². The van der Waals surface area contributed by atoms with Crippen LogP contribution in [-0.2, 0) is 0 Å². The van der Waals surface area contributed by atoms with Crippen molar-refractivity contribution in [1.82, 2.24) is 0 Å². The van der Waals surface area contributed by atoms with Crippen molar-refractivity contribution in [1.29, 1.82) is 0 Å². The first-order valence-electron chi connectivity index (χ1n) is 5.65. The molecule has 100 valence electrons. The molecule has 0 spiro atoms. The van der Waals surface area contributed by atoms with E-state index in [1.807, 2.05) is 6.92 Å². The summed E-state index contributed by atoms with van der Waals surface area (Å²) in [6.45, 7) is 2.40. The Labute approximate surface area is 126 Å². The Kier molecular flexibility index (Phi) is 4.81. The van der Waals surface area contributed by atoms with E-state index in [9.17, 15) is 0 Å². The smallest absolute Gasteiger partial charge is 0.169 e. The predicted molar refractivity (Wildman–Crippen MR) is 79.2 cm³/mol. The van der Waals surface area contributed by atoms with Crippen LogP contribution < -0.4 is 9.47 Å². The fourth-order valence-electron chi connectivity index (χ4n) is 1.51. The summed E-state index contributed by atoms with van der Waals surface area (Å²) in [6.07, 6.45) is 0. The summed E-state index contributed by atoms with van der Waals surface area (Å²) in [5.74, 6) is 1.57. The van der Waals surface area contributed by atoms with Gasteiger partial charge in [0, 0.05) is 22.2 Å². The molecule has 2 nitrogen and oxygen atoms in total. The van der Waals surface area contributed by atoms with Gasteiger partial charge in [-0.15, -0.1) is 0 Å². The monoisotopic (exact) mass is 316 g/mol. The molecule has 0 unspecified atom stereocenters. The summed E-state index contributed by atoms with van der Waals surface area (Å²) in [6, 6.07) is 10.2. The van der Waals surface area contributed by atoms with Crippen molar-refractivity contribution in [2.24, 2.45) is 0 Å². The average Bonchev–Trinajstić information content (AvgIpc) is 2.37. The molecule has 19 heavy (non-hydrogen) atoms. The molecule has 0 fully saturated rings. The zero-order chi connectivity index (χ0) is 13.8. The molecule has 2 aromatic rings. The van der Waals surface area contributed by atoms with E-state index in [2.05, 4.69) is 0 Å². The maximum atomic E-state index is 6.06. The van der Waals surface area contributed by atoms with Gasteiger partial charge in [0.2, 0.25) is 0 Å². The van der Waals surface area contributed by atoms with Crippen molar-refractivity contribution < 1.29 is 9.47 Å². The van der Waals surface area contributed by atoms with E-state index in [1.165, 1.54) is 0 Å². The van der Waals surface area contributed by atoms with Crippen LogP contribution in [0.2, 0.25) is 15.1 Å². The first-order valence-corrected chi connectivity index (χ1v) is 6.79. The van der Waals surface area contributed by atoms with Crippen LogP contribution in [0, 0.1) is 0 Å². The summed E-state index contributed by atoms with van der Waals surface area (Å²) in [7, 11) is 0. The van der Waals surface area contributed by atoms with Gasteiger partial charge in [0.05, 0.1) is 11.6 Å². The van der Waals surface area contributed by atoms with Gasteiger partial charge in [-0.1, -0.05) is 34.8 Å². The first kappa shape index (κ1) is 14.3. The van der Waals surface area contributed by atoms with Crippen molar-refractivity contribution in [2.45, 2.75) is 6.92 Å². The molecule has 0 aliphatic carbocycles. The van der Waals surface area contributed by atoms with Crippen LogP contribution in [0.25, 0.3) is 0 Å². The van der Waals surface area contributed by atoms with Gasteiger partial charge in [-0.3, -0.25) is 0 Å². The molecule has 0 N–H and O–H groups in total. The zero-order valence-electron chi connectivity index (χ0n) is 10.1. The summed E-state index contributed by atoms with van der Waals surface area (Å²) in [5, 5.41) is 1.60. The second-order valence-electron chi connectivity index (χ2n) is 3.70. The number of hydrogen-bond donors (Lipinski definition) is 0. The van der Waals surface area contributed by atoms with Gasteiger partial charge in [-0.05, 0) is 31.2 Å². The van der Waals surface area contributed by atoms with Crippen molar-refractivity contribution in [3.8, 4) is 17.2 Å². The van der Waals surface area contributed by atoms with E-state index < -0.39 is 0 Å². The predicted octanol–water partition coefficient (Wildman–Crippen LogP) is 5.84. The highest BCUT2D eigenvalue weighted by Gasteiger charge is 2.10. The van der Waals surface area contributed by atoms with Crippen LogP contribution in [0.3, 0.4) is 0 Å². The summed E-state index contributed by atoms with van der Waals surface area (Å²) >= 11 is 17.9. The fourth-order valence-corrected chi connectivity index (χ4v) is 1.99. The normalized spacial score (nSPS) is 10.3. The van der Waals surface area contributed by atoms with E-state index >= 15 is 0 Å². The maximum Gasteiger partial charge on any atom is 0.169 e. The Hall–Kier alpha value is -1.09. The maximum absolute atomic E-state index is 6.06. The van der Waals surface area contributed by atoms with Gasteiger partial charge in [0.25, 0.3) is 0 Å². The standard InChI is InChI=1S/C14H11Cl3O2/c1-2-18-14-8-10(16)4-6-12(14)19-13-7-9(15)3-5-11(13)17/h3-8H,2H2,1H3. The molecule has 0 aromatic heterocycles. The molecule has 0 bridgehead atoms. The van der Waals surface area contributed by atoms with Crippen molar-refractivity contribution in [3.05, 3.63) is 51.5 Å². The average molecular weight is 318 g/mol. The van der Waals surface area contributed by atoms with Gasteiger partial charge >= 0.3 is 0 Å². The number of benzene rings is 2. The first-order chi connectivity index (χ1) is 9.10. The molecule has 2 aromatic carbocycles. The summed E-state index contributed by atoms with van der Waals surface area (Å²) in [5.41, 5.74) is 0. The minimum Gasteiger partial charge on any atom is -0.490 e. The molecule has 0 saturated heterocycles. The minimum atomic E-state index is 0.470. The SMILES string of the molecule is CCOc1cc(Cl)ccc1Oc1cc(Cl)ccc1Cl. The van der Waals surface area contributed by atoms with Crippen LogP contribution in [0.5, 0.6) is 17.2 Å². The van der Waals surface area contributed by atoms with Crippen LogP contribution in [0.1, 0.15) is 6.92 Å². The third-order valence-electron chi connectivity index (χ3n) is 2.32. The molecular weight excluding hydrogens is 307 g/mol. The van der Waals surface area contributed by atoms with Crippen LogP contribution in [0.4, 0.5) is 0 Å². The topological polar surface area (TPSA) is 18.5 Å². The number of rotatable bonds is 4. The highest BCUT2D eigenvalue weighted by molar-refractivity contribution is 6.34. The molecule has 0 amide bonds. The number of halogens is 3. The Morgan fingerprint density at radius 1 is 0.842 bits per heavy atom. The van der Waals surface area contributed by atoms with Crippen LogP contribution in [0.15, 0.2) is 36.4 Å². The Bertz CT molecular complexity index is 585. The molecule has 0 aliphatic heterocycles. The van der Waals surface area contributed by atoms with E-state index in [0.717, 1.165) is 0 Å². The molecule has 2 rings (SSSR count). The lowest BCUT2D eigenvalue weighted by Crippen LogP contribution is -1.95.